The van der Waals surface area contributed by atoms with Crippen LogP contribution in [-0.4, -0.2) is 34.6 Å². The van der Waals surface area contributed by atoms with Crippen molar-refractivity contribution in [3.8, 4) is 0 Å². The zero-order valence-corrected chi connectivity index (χ0v) is 10.1. The number of aromatic nitrogens is 1. The van der Waals surface area contributed by atoms with Gasteiger partial charge >= 0.3 is 5.97 Å². The molecule has 1 fully saturated rings. The van der Waals surface area contributed by atoms with Crippen molar-refractivity contribution in [2.24, 2.45) is 0 Å². The van der Waals surface area contributed by atoms with Crippen molar-refractivity contribution in [2.45, 2.75) is 25.8 Å². The zero-order valence-electron chi connectivity index (χ0n) is 10.1. The van der Waals surface area contributed by atoms with Gasteiger partial charge in [-0.3, -0.25) is 9.78 Å². The van der Waals surface area contributed by atoms with Gasteiger partial charge in [-0.2, -0.15) is 0 Å². The third kappa shape index (κ3) is 2.77. The maximum absolute atomic E-state index is 11.1. The number of nitrogens with zero attached hydrogens (tertiary/aromatic N) is 1. The standard InChI is InChI=1S/C12H15N3O3/c1-7-4-10(9(6-13-7)12(17)18)15-8-2-3-11(16)14-5-8/h4,6,8H,2-3,5H2,1H3,(H,13,15)(H,14,16)(H,17,18). The Morgan fingerprint density at radius 3 is 3.00 bits per heavy atom. The Morgan fingerprint density at radius 1 is 1.61 bits per heavy atom. The lowest BCUT2D eigenvalue weighted by Crippen LogP contribution is -2.42. The Hall–Kier alpha value is -2.11. The van der Waals surface area contributed by atoms with Crippen molar-refractivity contribution in [3.63, 3.8) is 0 Å². The van der Waals surface area contributed by atoms with E-state index in [1.165, 1.54) is 6.20 Å². The molecule has 1 unspecified atom stereocenters. The first-order chi connectivity index (χ1) is 8.56. The third-order valence-electron chi connectivity index (χ3n) is 2.90. The maximum Gasteiger partial charge on any atom is 0.339 e. The smallest absolute Gasteiger partial charge is 0.339 e. The van der Waals surface area contributed by atoms with E-state index in [2.05, 4.69) is 15.6 Å². The normalized spacial score (nSPS) is 19.2. The number of piperidine rings is 1. The molecule has 1 saturated heterocycles. The van der Waals surface area contributed by atoms with Gasteiger partial charge < -0.3 is 15.7 Å². The van der Waals surface area contributed by atoms with E-state index in [1.54, 1.807) is 13.0 Å². The molecule has 1 aromatic rings. The topological polar surface area (TPSA) is 91.3 Å². The summed E-state index contributed by atoms with van der Waals surface area (Å²) in [5.74, 6) is -0.970. The molecule has 6 heteroatoms. The van der Waals surface area contributed by atoms with E-state index in [0.717, 1.165) is 5.69 Å². The number of carbonyl (C=O) groups is 2. The summed E-state index contributed by atoms with van der Waals surface area (Å²) >= 11 is 0. The number of carboxylic acid groups (broad SMARTS) is 1. The molecule has 1 aliphatic rings. The van der Waals surface area contributed by atoms with E-state index in [1.807, 2.05) is 0 Å². The molecule has 0 radical (unpaired) electrons. The minimum Gasteiger partial charge on any atom is -0.478 e. The first kappa shape index (κ1) is 12.3. The number of aromatic carboxylic acids is 1. The fraction of sp³-hybridized carbons (Fsp3) is 0.417. The molecule has 0 aliphatic carbocycles. The van der Waals surface area contributed by atoms with Crippen molar-refractivity contribution < 1.29 is 14.7 Å². The van der Waals surface area contributed by atoms with E-state index >= 15 is 0 Å². The summed E-state index contributed by atoms with van der Waals surface area (Å²) in [4.78, 5) is 26.1. The monoisotopic (exact) mass is 249 g/mol. The molecule has 3 N–H and O–H groups in total. The molecule has 2 heterocycles. The zero-order chi connectivity index (χ0) is 13.1. The second-order valence-corrected chi connectivity index (χ2v) is 4.36. The summed E-state index contributed by atoms with van der Waals surface area (Å²) in [6.07, 6.45) is 2.51. The van der Waals surface area contributed by atoms with Gasteiger partial charge in [0.25, 0.3) is 0 Å². The molecular formula is C12H15N3O3. The summed E-state index contributed by atoms with van der Waals surface area (Å²) in [7, 11) is 0. The van der Waals surface area contributed by atoms with E-state index < -0.39 is 5.97 Å². The van der Waals surface area contributed by atoms with E-state index in [4.69, 9.17) is 5.11 Å². The molecule has 2 rings (SSSR count). The van der Waals surface area contributed by atoms with Crippen LogP contribution in [-0.2, 0) is 4.79 Å². The number of pyridine rings is 1. The predicted octanol–water partition coefficient (Wildman–Crippen LogP) is 0.779. The number of carboxylic acids is 1. The lowest BCUT2D eigenvalue weighted by molar-refractivity contribution is -0.122. The van der Waals surface area contributed by atoms with Gasteiger partial charge in [0.1, 0.15) is 5.56 Å². The van der Waals surface area contributed by atoms with Crippen LogP contribution < -0.4 is 10.6 Å². The largest absolute Gasteiger partial charge is 0.478 e. The van der Waals surface area contributed by atoms with Crippen LogP contribution in [0.5, 0.6) is 0 Å². The molecule has 6 nitrogen and oxygen atoms in total. The number of carbonyl (C=O) groups excluding carboxylic acids is 1. The Morgan fingerprint density at radius 2 is 2.39 bits per heavy atom. The lowest BCUT2D eigenvalue weighted by Gasteiger charge is -2.25. The highest BCUT2D eigenvalue weighted by atomic mass is 16.4. The number of hydrogen-bond donors (Lipinski definition) is 3. The second-order valence-electron chi connectivity index (χ2n) is 4.36. The van der Waals surface area contributed by atoms with Crippen LogP contribution in [0.1, 0.15) is 28.9 Å². The molecule has 1 aliphatic heterocycles. The van der Waals surface area contributed by atoms with Crippen molar-refractivity contribution in [1.82, 2.24) is 10.3 Å². The Bertz CT molecular complexity index is 477. The SMILES string of the molecule is Cc1cc(NC2CCC(=O)NC2)c(C(=O)O)cn1. The third-order valence-corrected chi connectivity index (χ3v) is 2.90. The highest BCUT2D eigenvalue weighted by Crippen LogP contribution is 2.18. The van der Waals surface area contributed by atoms with E-state index in [-0.39, 0.29) is 17.5 Å². The fourth-order valence-electron chi connectivity index (χ4n) is 1.93. The van der Waals surface area contributed by atoms with E-state index in [0.29, 0.717) is 25.1 Å². The van der Waals surface area contributed by atoms with Gasteiger partial charge in [-0.05, 0) is 19.4 Å². The number of amides is 1. The average Bonchev–Trinajstić information content (AvgIpc) is 2.32. The van der Waals surface area contributed by atoms with Gasteiger partial charge in [0.05, 0.1) is 5.69 Å². The summed E-state index contributed by atoms with van der Waals surface area (Å²) in [6, 6.07) is 1.77. The Kier molecular flexibility index (Phi) is 3.45. The van der Waals surface area contributed by atoms with Crippen LogP contribution in [0.2, 0.25) is 0 Å². The predicted molar refractivity (Wildman–Crippen MR) is 65.6 cm³/mol. The number of anilines is 1. The van der Waals surface area contributed by atoms with E-state index in [9.17, 15) is 9.59 Å². The summed E-state index contributed by atoms with van der Waals surface area (Å²) in [5.41, 5.74) is 1.45. The molecular weight excluding hydrogens is 234 g/mol. The van der Waals surface area contributed by atoms with Crippen LogP contribution in [0.15, 0.2) is 12.3 Å². The van der Waals surface area contributed by atoms with Crippen LogP contribution in [0, 0.1) is 6.92 Å². The highest BCUT2D eigenvalue weighted by Gasteiger charge is 2.20. The fourth-order valence-corrected chi connectivity index (χ4v) is 1.93. The van der Waals surface area contributed by atoms with Crippen LogP contribution in [0.25, 0.3) is 0 Å². The van der Waals surface area contributed by atoms with Gasteiger partial charge in [0.2, 0.25) is 5.91 Å². The number of nitrogens with one attached hydrogen (secondary N) is 2. The van der Waals surface area contributed by atoms with Crippen molar-refractivity contribution in [1.29, 1.82) is 0 Å². The molecule has 0 aromatic carbocycles. The average molecular weight is 249 g/mol. The highest BCUT2D eigenvalue weighted by molar-refractivity contribution is 5.94. The molecule has 0 spiro atoms. The molecule has 1 aromatic heterocycles. The molecule has 0 bridgehead atoms. The summed E-state index contributed by atoms with van der Waals surface area (Å²) in [5, 5.41) is 15.0. The number of hydrogen-bond acceptors (Lipinski definition) is 4. The van der Waals surface area contributed by atoms with Crippen LogP contribution in [0.3, 0.4) is 0 Å². The minimum atomic E-state index is -1.01. The van der Waals surface area contributed by atoms with Crippen molar-refractivity contribution in [2.75, 3.05) is 11.9 Å². The summed E-state index contributed by atoms with van der Waals surface area (Å²) < 4.78 is 0. The molecule has 1 amide bonds. The van der Waals surface area contributed by atoms with Gasteiger partial charge in [-0.25, -0.2) is 4.79 Å². The number of rotatable bonds is 3. The van der Waals surface area contributed by atoms with Gasteiger partial charge in [-0.1, -0.05) is 0 Å². The summed E-state index contributed by atoms with van der Waals surface area (Å²) in [6.45, 7) is 2.32. The first-order valence-electron chi connectivity index (χ1n) is 5.79. The number of aryl methyl sites for hydroxylation is 1. The van der Waals surface area contributed by atoms with Crippen molar-refractivity contribution in [3.05, 3.63) is 23.5 Å². The minimum absolute atomic E-state index is 0.0393. The van der Waals surface area contributed by atoms with Gasteiger partial charge in [-0.15, -0.1) is 0 Å². The molecule has 18 heavy (non-hydrogen) atoms. The van der Waals surface area contributed by atoms with Crippen LogP contribution in [0.4, 0.5) is 5.69 Å². The molecule has 0 saturated carbocycles. The second kappa shape index (κ2) is 5.03. The van der Waals surface area contributed by atoms with Gasteiger partial charge in [0, 0.05) is 30.9 Å². The first-order valence-corrected chi connectivity index (χ1v) is 5.79. The van der Waals surface area contributed by atoms with Crippen LogP contribution >= 0.6 is 0 Å². The maximum atomic E-state index is 11.1. The van der Waals surface area contributed by atoms with Crippen molar-refractivity contribution >= 4 is 17.6 Å². The Balaban J connectivity index is 2.15. The molecule has 96 valence electrons. The quantitative estimate of drug-likeness (QED) is 0.736. The molecule has 1 atom stereocenters. The van der Waals surface area contributed by atoms with Gasteiger partial charge in [0.15, 0.2) is 0 Å². The lowest BCUT2D eigenvalue weighted by atomic mass is 10.1. The Labute approximate surface area is 104 Å².